The maximum atomic E-state index is 12.2. The number of amides is 2. The number of rotatable bonds is 7. The minimum Gasteiger partial charge on any atom is -0.480 e. The number of nitrogens with one attached hydrogen (secondary N) is 1. The lowest BCUT2D eigenvalue weighted by atomic mass is 9.98. The van der Waals surface area contributed by atoms with Gasteiger partial charge in [0.1, 0.15) is 12.6 Å². The fourth-order valence-electron chi connectivity index (χ4n) is 3.52. The van der Waals surface area contributed by atoms with Crippen molar-refractivity contribution in [2.75, 3.05) is 6.61 Å². The Morgan fingerprint density at radius 2 is 1.69 bits per heavy atom. The van der Waals surface area contributed by atoms with Gasteiger partial charge in [-0.1, -0.05) is 48.5 Å². The van der Waals surface area contributed by atoms with Crippen LogP contribution in [0.2, 0.25) is 0 Å². The third-order valence-corrected chi connectivity index (χ3v) is 4.85. The van der Waals surface area contributed by atoms with Crippen LogP contribution in [0.25, 0.3) is 11.1 Å². The molecule has 150 valence electrons. The van der Waals surface area contributed by atoms with Crippen LogP contribution in [0, 0.1) is 0 Å². The van der Waals surface area contributed by atoms with Gasteiger partial charge < -0.3 is 15.2 Å². The van der Waals surface area contributed by atoms with E-state index in [0.717, 1.165) is 22.3 Å². The van der Waals surface area contributed by atoms with Crippen molar-refractivity contribution in [3.8, 4) is 11.1 Å². The molecule has 0 aliphatic heterocycles. The number of hydrogen-bond donors (Lipinski definition) is 2. The second kappa shape index (κ2) is 9.14. The Kier molecular flexibility index (Phi) is 6.39. The molecule has 0 aromatic heterocycles. The molecule has 1 aliphatic carbocycles. The second-order valence-corrected chi connectivity index (χ2v) is 6.68. The predicted molar refractivity (Wildman–Crippen MR) is 108 cm³/mol. The number of benzene rings is 2. The Balaban J connectivity index is 1.63. The molecule has 0 fully saturated rings. The lowest BCUT2D eigenvalue weighted by Crippen LogP contribution is -2.41. The molecular formula is C22H22N2O5. The Labute approximate surface area is 168 Å². The van der Waals surface area contributed by atoms with E-state index in [1.54, 1.807) is 6.92 Å². The first-order valence-electron chi connectivity index (χ1n) is 9.37. The van der Waals surface area contributed by atoms with Crippen molar-refractivity contribution in [3.63, 3.8) is 0 Å². The summed E-state index contributed by atoms with van der Waals surface area (Å²) in [5, 5.41) is 11.6. The quantitative estimate of drug-likeness (QED) is 0.701. The molecule has 1 aliphatic rings. The molecule has 0 heterocycles. The molecule has 0 spiro atoms. The zero-order valence-corrected chi connectivity index (χ0v) is 16.0. The molecule has 2 amide bonds. The fourth-order valence-corrected chi connectivity index (χ4v) is 3.52. The van der Waals surface area contributed by atoms with E-state index in [1.165, 1.54) is 6.21 Å². The van der Waals surface area contributed by atoms with Gasteiger partial charge in [0.2, 0.25) is 5.91 Å². The average Bonchev–Trinajstić information content (AvgIpc) is 3.03. The summed E-state index contributed by atoms with van der Waals surface area (Å²) in [6, 6.07) is 14.7. The van der Waals surface area contributed by atoms with Gasteiger partial charge in [0.25, 0.3) is 0 Å². The van der Waals surface area contributed by atoms with Gasteiger partial charge >= 0.3 is 12.1 Å². The van der Waals surface area contributed by atoms with Crippen LogP contribution >= 0.6 is 0 Å². The number of fused-ring (bicyclic) bond motifs is 3. The highest BCUT2D eigenvalue weighted by Gasteiger charge is 2.29. The number of nitrogens with zero attached hydrogens (tertiary/aromatic N) is 1. The Morgan fingerprint density at radius 3 is 2.24 bits per heavy atom. The monoisotopic (exact) mass is 394 g/mol. The first kappa shape index (κ1) is 20.3. The summed E-state index contributed by atoms with van der Waals surface area (Å²) in [4.78, 5) is 38.6. The highest BCUT2D eigenvalue weighted by Crippen LogP contribution is 2.44. The summed E-state index contributed by atoms with van der Waals surface area (Å²) in [6.45, 7) is 1.69. The molecule has 2 N–H and O–H groups in total. The zero-order valence-electron chi connectivity index (χ0n) is 16.0. The molecule has 0 bridgehead atoms. The molecule has 0 radical (unpaired) electrons. The summed E-state index contributed by atoms with van der Waals surface area (Å²) in [7, 11) is 0. The van der Waals surface area contributed by atoms with Crippen molar-refractivity contribution >= 4 is 24.2 Å². The van der Waals surface area contributed by atoms with Crippen LogP contribution in [0.1, 0.15) is 36.8 Å². The predicted octanol–water partition coefficient (Wildman–Crippen LogP) is 3.38. The van der Waals surface area contributed by atoms with Crippen molar-refractivity contribution < 1.29 is 24.2 Å². The van der Waals surface area contributed by atoms with Crippen molar-refractivity contribution in [2.24, 2.45) is 4.99 Å². The summed E-state index contributed by atoms with van der Waals surface area (Å²) in [5.74, 6) is -1.78. The van der Waals surface area contributed by atoms with Gasteiger partial charge in [-0.05, 0) is 35.6 Å². The first-order chi connectivity index (χ1) is 14.0. The molecule has 1 atom stereocenters. The molecule has 0 unspecified atom stereocenters. The third kappa shape index (κ3) is 4.68. The maximum absolute atomic E-state index is 12.2. The Hall–Kier alpha value is -3.48. The number of aliphatic imine (C=N–C) groups is 1. The van der Waals surface area contributed by atoms with E-state index in [2.05, 4.69) is 10.3 Å². The number of hydrogen-bond acceptors (Lipinski definition) is 4. The largest absolute Gasteiger partial charge is 0.480 e. The van der Waals surface area contributed by atoms with Crippen LogP contribution in [-0.4, -0.2) is 41.9 Å². The lowest BCUT2D eigenvalue weighted by molar-refractivity contribution is -0.139. The number of carbonyl (C=O) groups is 3. The second-order valence-electron chi connectivity index (χ2n) is 6.68. The van der Waals surface area contributed by atoms with Crippen LogP contribution in [0.15, 0.2) is 53.5 Å². The van der Waals surface area contributed by atoms with Crippen molar-refractivity contribution in [2.45, 2.75) is 31.7 Å². The highest BCUT2D eigenvalue weighted by molar-refractivity contribution is 5.85. The number of ether oxygens (including phenoxy) is 1. The molecule has 7 heteroatoms. The molecule has 29 heavy (non-hydrogen) atoms. The normalized spacial score (nSPS) is 13.6. The molecule has 7 nitrogen and oxygen atoms in total. The van der Waals surface area contributed by atoms with Gasteiger partial charge in [-0.2, -0.15) is 0 Å². The Morgan fingerprint density at radius 1 is 1.10 bits per heavy atom. The van der Waals surface area contributed by atoms with Gasteiger partial charge in [0.15, 0.2) is 0 Å². The fraction of sp³-hybridized carbons (Fsp3) is 0.273. The minimum absolute atomic E-state index is 0.0598. The summed E-state index contributed by atoms with van der Waals surface area (Å²) < 4.78 is 5.35. The molecule has 2 aromatic carbocycles. The molecule has 2 aromatic rings. The number of carboxylic acid groups (broad SMARTS) is 1. The number of aliphatic carboxylic acids is 1. The smallest absolute Gasteiger partial charge is 0.407 e. The molecular weight excluding hydrogens is 372 g/mol. The Bertz CT molecular complexity index is 908. The standard InChI is InChI=1S/C22H22N2O5/c1-2-23-20(25)12-11-19(21(26)27)24-22(28)29-13-18-16-9-5-3-7-14(16)15-8-4-6-10-17(15)18/h2-10,18-19H,11-13H2,1H3,(H,24,28)(H,26,27)/t19-/m0/s1. The average molecular weight is 394 g/mol. The van der Waals surface area contributed by atoms with Crippen LogP contribution < -0.4 is 5.32 Å². The number of carbonyl (C=O) groups excluding carboxylic acids is 2. The van der Waals surface area contributed by atoms with E-state index in [4.69, 9.17) is 4.74 Å². The third-order valence-electron chi connectivity index (χ3n) is 4.85. The van der Waals surface area contributed by atoms with Crippen LogP contribution in [0.5, 0.6) is 0 Å². The SMILES string of the molecule is CC=NC(=O)CC[C@H](NC(=O)OCC1c2ccccc2-c2ccccc21)C(=O)O. The topological polar surface area (TPSA) is 105 Å². The van der Waals surface area contributed by atoms with Crippen molar-refractivity contribution in [1.29, 1.82) is 0 Å². The molecule has 3 rings (SSSR count). The lowest BCUT2D eigenvalue weighted by Gasteiger charge is -2.17. The maximum Gasteiger partial charge on any atom is 0.407 e. The van der Waals surface area contributed by atoms with E-state index in [-0.39, 0.29) is 25.4 Å². The zero-order chi connectivity index (χ0) is 20.8. The summed E-state index contributed by atoms with van der Waals surface area (Å²) in [5.41, 5.74) is 4.35. The van der Waals surface area contributed by atoms with Crippen LogP contribution in [-0.2, 0) is 14.3 Å². The van der Waals surface area contributed by atoms with E-state index in [1.807, 2.05) is 48.5 Å². The van der Waals surface area contributed by atoms with E-state index in [9.17, 15) is 19.5 Å². The van der Waals surface area contributed by atoms with Gasteiger partial charge in [0.05, 0.1) is 0 Å². The van der Waals surface area contributed by atoms with E-state index in [0.29, 0.717) is 0 Å². The van der Waals surface area contributed by atoms with Gasteiger partial charge in [0, 0.05) is 18.6 Å². The van der Waals surface area contributed by atoms with Crippen LogP contribution in [0.4, 0.5) is 4.79 Å². The minimum atomic E-state index is -1.23. The summed E-state index contributed by atoms with van der Waals surface area (Å²) in [6.07, 6.45) is 0.378. The number of carboxylic acids is 1. The molecule has 0 saturated carbocycles. The highest BCUT2D eigenvalue weighted by atomic mass is 16.5. The molecule has 0 saturated heterocycles. The van der Waals surface area contributed by atoms with Gasteiger partial charge in [-0.25, -0.2) is 14.6 Å². The van der Waals surface area contributed by atoms with Crippen LogP contribution in [0.3, 0.4) is 0 Å². The summed E-state index contributed by atoms with van der Waals surface area (Å²) >= 11 is 0. The first-order valence-corrected chi connectivity index (χ1v) is 9.37. The van der Waals surface area contributed by atoms with Crippen molar-refractivity contribution in [3.05, 3.63) is 59.7 Å². The van der Waals surface area contributed by atoms with E-state index >= 15 is 0 Å². The van der Waals surface area contributed by atoms with Crippen molar-refractivity contribution in [1.82, 2.24) is 5.32 Å². The van der Waals surface area contributed by atoms with Gasteiger partial charge in [-0.15, -0.1) is 0 Å². The number of alkyl carbamates (subject to hydrolysis) is 1. The van der Waals surface area contributed by atoms with E-state index < -0.39 is 24.0 Å². The van der Waals surface area contributed by atoms with Gasteiger partial charge in [-0.3, -0.25) is 4.79 Å².